The Morgan fingerprint density at radius 1 is 0.974 bits per heavy atom. The van der Waals surface area contributed by atoms with E-state index < -0.39 is 35.6 Å². The molecule has 9 nitrogen and oxygen atoms in total. The van der Waals surface area contributed by atoms with Crippen LogP contribution in [0.3, 0.4) is 0 Å². The molecule has 0 aliphatic carbocycles. The SMILES string of the molecule is CCN(CC)c1ccc(CN(N)C[C@H](O)[C@H](Cc2ccccc2)NC(=O)[C@@H](NC(=O)OC)C(C)(C)C)cc1.Cl. The average molecular weight is 564 g/mol. The normalized spacial score (nSPS) is 13.6. The Bertz CT molecular complexity index is 997. The lowest BCUT2D eigenvalue weighted by Crippen LogP contribution is -2.58. The molecule has 3 atom stereocenters. The summed E-state index contributed by atoms with van der Waals surface area (Å²) in [6, 6.07) is 16.3. The van der Waals surface area contributed by atoms with Gasteiger partial charge in [0.05, 0.1) is 19.3 Å². The summed E-state index contributed by atoms with van der Waals surface area (Å²) in [7, 11) is 1.25. The van der Waals surface area contributed by atoms with E-state index in [0.29, 0.717) is 13.0 Å². The zero-order chi connectivity index (χ0) is 28.3. The summed E-state index contributed by atoms with van der Waals surface area (Å²) in [5.41, 5.74) is 2.55. The quantitative estimate of drug-likeness (QED) is 0.217. The van der Waals surface area contributed by atoms with Gasteiger partial charge in [-0.05, 0) is 48.9 Å². The minimum atomic E-state index is -0.960. The van der Waals surface area contributed by atoms with Crippen LogP contribution in [-0.4, -0.2) is 67.0 Å². The number of hydrogen-bond acceptors (Lipinski definition) is 7. The van der Waals surface area contributed by atoms with E-state index in [9.17, 15) is 14.7 Å². The Morgan fingerprint density at radius 3 is 2.08 bits per heavy atom. The van der Waals surface area contributed by atoms with Crippen LogP contribution >= 0.6 is 12.4 Å². The molecule has 0 saturated carbocycles. The number of methoxy groups -OCH3 is 1. The number of ether oxygens (including phenoxy) is 1. The maximum Gasteiger partial charge on any atom is 0.407 e. The van der Waals surface area contributed by atoms with Gasteiger partial charge in [-0.15, -0.1) is 12.4 Å². The number of nitrogens with one attached hydrogen (secondary N) is 2. The summed E-state index contributed by atoms with van der Waals surface area (Å²) in [4.78, 5) is 27.5. The highest BCUT2D eigenvalue weighted by Gasteiger charge is 2.35. The largest absolute Gasteiger partial charge is 0.453 e. The number of alkyl carbamates (subject to hydrolysis) is 1. The van der Waals surface area contributed by atoms with E-state index in [-0.39, 0.29) is 19.0 Å². The molecule has 0 saturated heterocycles. The van der Waals surface area contributed by atoms with Crippen LogP contribution in [0.5, 0.6) is 0 Å². The Labute approximate surface area is 239 Å². The van der Waals surface area contributed by atoms with Crippen LogP contribution in [0.15, 0.2) is 54.6 Å². The first-order chi connectivity index (χ1) is 18.0. The fourth-order valence-electron chi connectivity index (χ4n) is 4.34. The van der Waals surface area contributed by atoms with E-state index in [0.717, 1.165) is 29.9 Å². The van der Waals surface area contributed by atoms with Crippen molar-refractivity contribution in [3.63, 3.8) is 0 Å². The molecule has 0 aliphatic heterocycles. The lowest BCUT2D eigenvalue weighted by Gasteiger charge is -2.33. The molecule has 5 N–H and O–H groups in total. The fraction of sp³-hybridized carbons (Fsp3) is 0.517. The summed E-state index contributed by atoms with van der Waals surface area (Å²) in [6.45, 7) is 12.3. The molecule has 0 bridgehead atoms. The first kappa shape index (κ1) is 34.2. The maximum atomic E-state index is 13.3. The van der Waals surface area contributed by atoms with E-state index >= 15 is 0 Å². The van der Waals surface area contributed by atoms with Crippen molar-refractivity contribution in [2.45, 2.75) is 65.8 Å². The van der Waals surface area contributed by atoms with Crippen molar-refractivity contribution in [2.75, 3.05) is 31.6 Å². The third-order valence-electron chi connectivity index (χ3n) is 6.54. The second-order valence-electron chi connectivity index (χ2n) is 10.6. The van der Waals surface area contributed by atoms with Gasteiger partial charge in [0.2, 0.25) is 5.91 Å². The highest BCUT2D eigenvalue weighted by atomic mass is 35.5. The fourth-order valence-corrected chi connectivity index (χ4v) is 4.34. The van der Waals surface area contributed by atoms with E-state index in [1.165, 1.54) is 7.11 Å². The number of carbonyl (C=O) groups is 2. The Balaban J connectivity index is 0.00000760. The highest BCUT2D eigenvalue weighted by Crippen LogP contribution is 2.21. The molecule has 2 aromatic carbocycles. The number of anilines is 1. The number of carbonyl (C=O) groups excluding carboxylic acids is 2. The molecule has 2 rings (SSSR count). The summed E-state index contributed by atoms with van der Waals surface area (Å²) in [6.07, 6.45) is -1.26. The van der Waals surface area contributed by atoms with Crippen molar-refractivity contribution in [1.29, 1.82) is 0 Å². The lowest BCUT2D eigenvalue weighted by atomic mass is 9.85. The molecule has 10 heteroatoms. The predicted octanol–water partition coefficient (Wildman–Crippen LogP) is 3.49. The molecule has 0 aliphatic rings. The monoisotopic (exact) mass is 563 g/mol. The second kappa shape index (κ2) is 16.3. The number of halogens is 1. The molecule has 0 aromatic heterocycles. The molecule has 0 fully saturated rings. The van der Waals surface area contributed by atoms with Crippen LogP contribution in [0.25, 0.3) is 0 Å². The van der Waals surface area contributed by atoms with E-state index in [1.54, 1.807) is 5.01 Å². The number of nitrogens with two attached hydrogens (primary N) is 1. The second-order valence-corrected chi connectivity index (χ2v) is 10.6. The summed E-state index contributed by atoms with van der Waals surface area (Å²) < 4.78 is 4.71. The van der Waals surface area contributed by atoms with Gasteiger partial charge in [-0.25, -0.2) is 9.80 Å². The van der Waals surface area contributed by atoms with Crippen molar-refractivity contribution in [3.8, 4) is 0 Å². The number of hydrogen-bond donors (Lipinski definition) is 4. The number of benzene rings is 2. The zero-order valence-electron chi connectivity index (χ0n) is 24.0. The van der Waals surface area contributed by atoms with Crippen LogP contribution in [0.1, 0.15) is 45.7 Å². The Kier molecular flexibility index (Phi) is 14.3. The molecular formula is C29H46ClN5O4. The summed E-state index contributed by atoms with van der Waals surface area (Å²) in [5, 5.41) is 18.3. The predicted molar refractivity (Wildman–Crippen MR) is 159 cm³/mol. The van der Waals surface area contributed by atoms with E-state index in [2.05, 4.69) is 41.5 Å². The van der Waals surface area contributed by atoms with Gasteiger partial charge in [0.1, 0.15) is 6.04 Å². The highest BCUT2D eigenvalue weighted by molar-refractivity contribution is 5.86. The van der Waals surface area contributed by atoms with Crippen LogP contribution in [0.2, 0.25) is 0 Å². The van der Waals surface area contributed by atoms with Gasteiger partial charge >= 0.3 is 6.09 Å². The van der Waals surface area contributed by atoms with Gasteiger partial charge in [-0.2, -0.15) is 0 Å². The van der Waals surface area contributed by atoms with Crippen molar-refractivity contribution in [2.24, 2.45) is 11.3 Å². The third-order valence-corrected chi connectivity index (χ3v) is 6.54. The smallest absolute Gasteiger partial charge is 0.407 e. The number of hydrazine groups is 1. The first-order valence-electron chi connectivity index (χ1n) is 13.2. The van der Waals surface area contributed by atoms with Crippen molar-refractivity contribution >= 4 is 30.1 Å². The van der Waals surface area contributed by atoms with Crippen molar-refractivity contribution in [1.82, 2.24) is 15.6 Å². The maximum absolute atomic E-state index is 13.3. The molecule has 2 aromatic rings. The van der Waals surface area contributed by atoms with Crippen molar-refractivity contribution in [3.05, 3.63) is 65.7 Å². The summed E-state index contributed by atoms with van der Waals surface area (Å²) in [5.74, 6) is 5.90. The van der Waals surface area contributed by atoms with Crippen molar-refractivity contribution < 1.29 is 19.4 Å². The van der Waals surface area contributed by atoms with Crippen LogP contribution in [0.4, 0.5) is 10.5 Å². The minimum absolute atomic E-state index is 0. The first-order valence-corrected chi connectivity index (χ1v) is 13.2. The van der Waals surface area contributed by atoms with Crippen LogP contribution in [-0.2, 0) is 22.5 Å². The molecule has 39 heavy (non-hydrogen) atoms. The van der Waals surface area contributed by atoms with Gasteiger partial charge in [-0.1, -0.05) is 63.2 Å². The number of nitrogens with zero attached hydrogens (tertiary/aromatic N) is 2. The molecule has 0 heterocycles. The molecule has 0 unspecified atom stereocenters. The molecule has 0 radical (unpaired) electrons. The Hall–Kier alpha value is -2.85. The molecule has 218 valence electrons. The Morgan fingerprint density at radius 2 is 1.56 bits per heavy atom. The van der Waals surface area contributed by atoms with Gasteiger partial charge < -0.3 is 25.4 Å². The molecule has 2 amide bonds. The van der Waals surface area contributed by atoms with E-state index in [1.807, 2.05) is 63.2 Å². The molecular weight excluding hydrogens is 518 g/mol. The number of aliphatic hydroxyl groups is 1. The average Bonchev–Trinajstić information content (AvgIpc) is 2.88. The number of rotatable bonds is 13. The zero-order valence-corrected chi connectivity index (χ0v) is 24.8. The van der Waals surface area contributed by atoms with Gasteiger partial charge in [0.15, 0.2) is 0 Å². The van der Waals surface area contributed by atoms with Crippen LogP contribution < -0.4 is 21.4 Å². The standard InChI is InChI=1S/C29H45N5O4.ClH/c1-7-33(8-2)23-16-14-22(15-17-23)19-34(30)20-25(35)24(18-21-12-10-9-11-13-21)31-27(36)26(29(3,4)5)32-28(37)38-6;/h9-17,24-26,35H,7-8,18-20,30H2,1-6H3,(H,31,36)(H,32,37);1H/t24-,25-,26+;/m0./s1. The van der Waals surface area contributed by atoms with Gasteiger partial charge in [-0.3, -0.25) is 10.6 Å². The molecule has 0 spiro atoms. The third kappa shape index (κ3) is 11.0. The minimum Gasteiger partial charge on any atom is -0.453 e. The number of aliphatic hydroxyl groups excluding tert-OH is 1. The van der Waals surface area contributed by atoms with Gasteiger partial charge in [0.25, 0.3) is 0 Å². The topological polar surface area (TPSA) is 120 Å². The lowest BCUT2D eigenvalue weighted by molar-refractivity contribution is -0.127. The number of amides is 2. The summed E-state index contributed by atoms with van der Waals surface area (Å²) >= 11 is 0. The van der Waals surface area contributed by atoms with Gasteiger partial charge in [0, 0.05) is 31.9 Å². The van der Waals surface area contributed by atoms with E-state index in [4.69, 9.17) is 10.6 Å². The van der Waals surface area contributed by atoms with Crippen LogP contribution in [0, 0.1) is 5.41 Å².